The van der Waals surface area contributed by atoms with E-state index in [4.69, 9.17) is 9.47 Å². The minimum atomic E-state index is -0.443. The van der Waals surface area contributed by atoms with E-state index in [-0.39, 0.29) is 6.09 Å². The summed E-state index contributed by atoms with van der Waals surface area (Å²) in [7, 11) is 1.68. The standard InChI is InChI=1S/C16H25NO3/c1-16(2,3)20-15(18)17-12-8-7-10-13-9-5-6-11-14(13)19-4/h5-6,9,11H,7-8,10,12H2,1-4H3,(H,17,18). The third-order valence-corrected chi connectivity index (χ3v) is 2.73. The second kappa shape index (κ2) is 7.78. The number of aryl methyl sites for hydroxylation is 1. The Bertz CT molecular complexity index is 424. The number of hydrogen-bond donors (Lipinski definition) is 1. The van der Waals surface area contributed by atoms with Crippen molar-refractivity contribution in [2.75, 3.05) is 13.7 Å². The molecule has 4 heteroatoms. The lowest BCUT2D eigenvalue weighted by molar-refractivity contribution is 0.0527. The predicted octanol–water partition coefficient (Wildman–Crippen LogP) is 3.54. The van der Waals surface area contributed by atoms with Crippen LogP contribution in [0.4, 0.5) is 4.79 Å². The van der Waals surface area contributed by atoms with Crippen LogP contribution in [0, 0.1) is 0 Å². The number of benzene rings is 1. The lowest BCUT2D eigenvalue weighted by atomic mass is 10.1. The first kappa shape index (κ1) is 16.3. The summed E-state index contributed by atoms with van der Waals surface area (Å²) in [6, 6.07) is 8.01. The molecule has 1 rings (SSSR count). The minimum absolute atomic E-state index is 0.352. The summed E-state index contributed by atoms with van der Waals surface area (Å²) in [6.45, 7) is 6.20. The minimum Gasteiger partial charge on any atom is -0.496 e. The van der Waals surface area contributed by atoms with Gasteiger partial charge in [-0.2, -0.15) is 0 Å². The summed E-state index contributed by atoms with van der Waals surface area (Å²) < 4.78 is 10.5. The number of rotatable bonds is 6. The van der Waals surface area contributed by atoms with Crippen LogP contribution < -0.4 is 10.1 Å². The van der Waals surface area contributed by atoms with E-state index in [2.05, 4.69) is 11.4 Å². The van der Waals surface area contributed by atoms with Crippen molar-refractivity contribution in [3.63, 3.8) is 0 Å². The van der Waals surface area contributed by atoms with Crippen molar-refractivity contribution in [1.29, 1.82) is 0 Å². The molecule has 0 bridgehead atoms. The van der Waals surface area contributed by atoms with Crippen LogP contribution in [0.3, 0.4) is 0 Å². The number of carbonyl (C=O) groups excluding carboxylic acids is 1. The van der Waals surface area contributed by atoms with Gasteiger partial charge >= 0.3 is 6.09 Å². The zero-order valence-electron chi connectivity index (χ0n) is 12.9. The monoisotopic (exact) mass is 279 g/mol. The normalized spacial score (nSPS) is 11.0. The highest BCUT2D eigenvalue weighted by molar-refractivity contribution is 5.67. The van der Waals surface area contributed by atoms with Crippen molar-refractivity contribution in [3.8, 4) is 5.75 Å². The molecule has 0 spiro atoms. The molecule has 0 unspecified atom stereocenters. The molecule has 1 aromatic carbocycles. The molecule has 0 aliphatic rings. The molecule has 0 radical (unpaired) electrons. The van der Waals surface area contributed by atoms with Gasteiger partial charge in [-0.05, 0) is 51.7 Å². The molecule has 0 saturated heterocycles. The number of amides is 1. The van der Waals surface area contributed by atoms with Gasteiger partial charge in [0, 0.05) is 6.54 Å². The van der Waals surface area contributed by atoms with Gasteiger partial charge in [0.2, 0.25) is 0 Å². The van der Waals surface area contributed by atoms with Crippen molar-refractivity contribution in [2.24, 2.45) is 0 Å². The van der Waals surface area contributed by atoms with E-state index < -0.39 is 5.60 Å². The van der Waals surface area contributed by atoms with Crippen LogP contribution in [-0.4, -0.2) is 25.3 Å². The van der Waals surface area contributed by atoms with Crippen LogP contribution in [0.1, 0.15) is 39.2 Å². The van der Waals surface area contributed by atoms with Crippen LogP contribution in [-0.2, 0) is 11.2 Å². The molecule has 4 nitrogen and oxygen atoms in total. The lowest BCUT2D eigenvalue weighted by Crippen LogP contribution is -2.33. The molecule has 1 N–H and O–H groups in total. The van der Waals surface area contributed by atoms with Crippen molar-refractivity contribution in [2.45, 2.75) is 45.6 Å². The first-order valence-corrected chi connectivity index (χ1v) is 7.01. The molecule has 0 aliphatic heterocycles. The molecular formula is C16H25NO3. The zero-order valence-corrected chi connectivity index (χ0v) is 12.9. The van der Waals surface area contributed by atoms with Gasteiger partial charge in [-0.3, -0.25) is 0 Å². The number of hydrogen-bond acceptors (Lipinski definition) is 3. The van der Waals surface area contributed by atoms with E-state index in [1.54, 1.807) is 7.11 Å². The molecule has 112 valence electrons. The maximum Gasteiger partial charge on any atom is 0.407 e. The van der Waals surface area contributed by atoms with E-state index in [0.29, 0.717) is 6.54 Å². The number of nitrogens with one attached hydrogen (secondary N) is 1. The Hall–Kier alpha value is -1.71. The average molecular weight is 279 g/mol. The molecule has 0 fully saturated rings. The summed E-state index contributed by atoms with van der Waals surface area (Å²) in [5.41, 5.74) is 0.758. The van der Waals surface area contributed by atoms with Gasteiger partial charge in [-0.15, -0.1) is 0 Å². The van der Waals surface area contributed by atoms with E-state index in [0.717, 1.165) is 25.0 Å². The molecule has 1 aromatic rings. The number of carbonyl (C=O) groups is 1. The van der Waals surface area contributed by atoms with Crippen molar-refractivity contribution in [1.82, 2.24) is 5.32 Å². The Balaban J connectivity index is 2.21. The van der Waals surface area contributed by atoms with Gasteiger partial charge in [0.15, 0.2) is 0 Å². The van der Waals surface area contributed by atoms with Gasteiger partial charge in [-0.25, -0.2) is 4.79 Å². The van der Waals surface area contributed by atoms with Crippen LogP contribution in [0.15, 0.2) is 24.3 Å². The predicted molar refractivity (Wildman–Crippen MR) is 80.2 cm³/mol. The number of ether oxygens (including phenoxy) is 2. The van der Waals surface area contributed by atoms with Gasteiger partial charge < -0.3 is 14.8 Å². The highest BCUT2D eigenvalue weighted by atomic mass is 16.6. The van der Waals surface area contributed by atoms with Gasteiger partial charge in [0.05, 0.1) is 7.11 Å². The molecular weight excluding hydrogens is 254 g/mol. The Kier molecular flexibility index (Phi) is 6.36. The van der Waals surface area contributed by atoms with Gasteiger partial charge in [0.1, 0.15) is 11.4 Å². The number of alkyl carbamates (subject to hydrolysis) is 1. The molecule has 0 heterocycles. The number of para-hydroxylation sites is 1. The molecule has 0 saturated carbocycles. The number of unbranched alkanes of at least 4 members (excludes halogenated alkanes) is 1. The smallest absolute Gasteiger partial charge is 0.407 e. The van der Waals surface area contributed by atoms with E-state index in [1.807, 2.05) is 39.0 Å². The summed E-state index contributed by atoms with van der Waals surface area (Å²) in [5, 5.41) is 2.76. The second-order valence-electron chi connectivity index (χ2n) is 5.70. The largest absolute Gasteiger partial charge is 0.496 e. The van der Waals surface area contributed by atoms with Gasteiger partial charge in [-0.1, -0.05) is 18.2 Å². The maximum absolute atomic E-state index is 11.4. The molecule has 1 amide bonds. The van der Waals surface area contributed by atoms with Crippen LogP contribution >= 0.6 is 0 Å². The van der Waals surface area contributed by atoms with E-state index in [1.165, 1.54) is 5.56 Å². The SMILES string of the molecule is COc1ccccc1CCCCNC(=O)OC(C)(C)C. The average Bonchev–Trinajstić information content (AvgIpc) is 2.36. The zero-order chi connectivity index (χ0) is 15.0. The Labute approximate surface area is 121 Å². The van der Waals surface area contributed by atoms with Gasteiger partial charge in [0.25, 0.3) is 0 Å². The van der Waals surface area contributed by atoms with Crippen LogP contribution in [0.25, 0.3) is 0 Å². The molecule has 0 aliphatic carbocycles. The highest BCUT2D eigenvalue weighted by Crippen LogP contribution is 2.19. The summed E-state index contributed by atoms with van der Waals surface area (Å²) in [6.07, 6.45) is 2.50. The van der Waals surface area contributed by atoms with Crippen LogP contribution in [0.2, 0.25) is 0 Å². The second-order valence-corrected chi connectivity index (χ2v) is 5.70. The van der Waals surface area contributed by atoms with Crippen molar-refractivity contribution >= 4 is 6.09 Å². The summed E-state index contributed by atoms with van der Waals surface area (Å²) in [5.74, 6) is 0.924. The Morgan fingerprint density at radius 1 is 1.20 bits per heavy atom. The van der Waals surface area contributed by atoms with E-state index >= 15 is 0 Å². The molecule has 0 atom stereocenters. The topological polar surface area (TPSA) is 47.6 Å². The van der Waals surface area contributed by atoms with Crippen molar-refractivity contribution < 1.29 is 14.3 Å². The molecule has 0 aromatic heterocycles. The highest BCUT2D eigenvalue weighted by Gasteiger charge is 2.15. The fourth-order valence-electron chi connectivity index (χ4n) is 1.85. The van der Waals surface area contributed by atoms with Crippen LogP contribution in [0.5, 0.6) is 5.75 Å². The lowest BCUT2D eigenvalue weighted by Gasteiger charge is -2.19. The first-order chi connectivity index (χ1) is 9.42. The Morgan fingerprint density at radius 2 is 1.90 bits per heavy atom. The quantitative estimate of drug-likeness (QED) is 0.810. The summed E-state index contributed by atoms with van der Waals surface area (Å²) in [4.78, 5) is 11.4. The first-order valence-electron chi connectivity index (χ1n) is 7.01. The Morgan fingerprint density at radius 3 is 2.55 bits per heavy atom. The van der Waals surface area contributed by atoms with E-state index in [9.17, 15) is 4.79 Å². The maximum atomic E-state index is 11.4. The third-order valence-electron chi connectivity index (χ3n) is 2.73. The molecule has 20 heavy (non-hydrogen) atoms. The van der Waals surface area contributed by atoms with Crippen molar-refractivity contribution in [3.05, 3.63) is 29.8 Å². The fourth-order valence-corrected chi connectivity index (χ4v) is 1.85. The summed E-state index contributed by atoms with van der Waals surface area (Å²) >= 11 is 0. The number of methoxy groups -OCH3 is 1. The third kappa shape index (κ3) is 6.45. The fraction of sp³-hybridized carbons (Fsp3) is 0.562.